The van der Waals surface area contributed by atoms with Crippen LogP contribution in [0.3, 0.4) is 0 Å². The largest absolute Gasteiger partial charge is 0.494 e. The molecule has 0 saturated carbocycles. The van der Waals surface area contributed by atoms with Gasteiger partial charge in [-0.15, -0.1) is 0 Å². The van der Waals surface area contributed by atoms with E-state index in [1.54, 1.807) is 0 Å². The van der Waals surface area contributed by atoms with Crippen molar-refractivity contribution >= 4 is 37.7 Å². The Labute approximate surface area is 331 Å². The van der Waals surface area contributed by atoms with Crippen molar-refractivity contribution in [2.24, 2.45) is 0 Å². The second-order valence-corrected chi connectivity index (χ2v) is 19.2. The van der Waals surface area contributed by atoms with E-state index in [1.807, 2.05) is 0 Å². The molecule has 55 heavy (non-hydrogen) atoms. The van der Waals surface area contributed by atoms with E-state index in [4.69, 9.17) is 27.9 Å². The molecule has 3 aliphatic rings. The Morgan fingerprint density at radius 1 is 0.364 bits per heavy atom. The Balaban J connectivity index is 1.30. The quantitative estimate of drug-likeness (QED) is 0.157. The van der Waals surface area contributed by atoms with Crippen molar-refractivity contribution in [3.8, 4) is 0 Å². The van der Waals surface area contributed by atoms with Crippen LogP contribution in [0.2, 0.25) is 0 Å². The number of rotatable bonds is 10. The van der Waals surface area contributed by atoms with Crippen LogP contribution >= 0.6 is 0 Å². The van der Waals surface area contributed by atoms with Gasteiger partial charge in [0.2, 0.25) is 0 Å². The zero-order valence-electron chi connectivity index (χ0n) is 35.1. The molecule has 3 saturated heterocycles. The van der Waals surface area contributed by atoms with Crippen LogP contribution in [0.15, 0.2) is 103 Å². The van der Waals surface area contributed by atoms with Crippen molar-refractivity contribution in [2.75, 3.05) is 0 Å². The number of hydrogen-bond acceptors (Lipinski definition) is 6. The van der Waals surface area contributed by atoms with Gasteiger partial charge in [-0.2, -0.15) is 0 Å². The lowest BCUT2D eigenvalue weighted by Crippen LogP contribution is -2.41. The van der Waals surface area contributed by atoms with Gasteiger partial charge in [0.1, 0.15) is 0 Å². The van der Waals surface area contributed by atoms with E-state index >= 15 is 0 Å². The van der Waals surface area contributed by atoms with Gasteiger partial charge in [0, 0.05) is 5.41 Å². The van der Waals surface area contributed by atoms with Crippen molar-refractivity contribution in [1.29, 1.82) is 0 Å². The first-order valence-electron chi connectivity index (χ1n) is 20.0. The van der Waals surface area contributed by atoms with Crippen LogP contribution < -0.4 is 16.4 Å². The van der Waals surface area contributed by atoms with Crippen LogP contribution in [0.5, 0.6) is 0 Å². The molecule has 0 amide bonds. The SMILES string of the molecule is CC1(C)OB(c2cccc(CC(Cc3cccc(B4OC(C)(C)C(C)(C)O4)c3)(Cc3cccc(B4OC(C)(C)C(C)(C)O4)c3)c3ccccc3)c2)OC1(C)C. The predicted molar refractivity (Wildman–Crippen MR) is 226 cm³/mol. The zero-order chi connectivity index (χ0) is 39.7. The van der Waals surface area contributed by atoms with Crippen LogP contribution in [-0.4, -0.2) is 55.0 Å². The summed E-state index contributed by atoms with van der Waals surface area (Å²) in [5, 5.41) is 0. The molecular formula is C46H59B3O6. The third-order valence-electron chi connectivity index (χ3n) is 13.4. The number of benzene rings is 4. The van der Waals surface area contributed by atoms with E-state index in [1.165, 1.54) is 22.3 Å². The lowest BCUT2D eigenvalue weighted by Gasteiger charge is -2.36. The van der Waals surface area contributed by atoms with E-state index < -0.39 is 55.0 Å². The van der Waals surface area contributed by atoms with Crippen molar-refractivity contribution in [2.45, 2.75) is 141 Å². The molecule has 3 fully saturated rings. The smallest absolute Gasteiger partial charge is 0.399 e. The first-order valence-corrected chi connectivity index (χ1v) is 20.0. The van der Waals surface area contributed by atoms with Gasteiger partial charge in [0.25, 0.3) is 0 Å². The Morgan fingerprint density at radius 3 is 0.909 bits per heavy atom. The van der Waals surface area contributed by atoms with E-state index in [-0.39, 0.29) is 5.41 Å². The molecule has 0 aliphatic carbocycles. The molecule has 6 nitrogen and oxygen atoms in total. The molecule has 4 aromatic rings. The zero-order valence-corrected chi connectivity index (χ0v) is 35.1. The van der Waals surface area contributed by atoms with Gasteiger partial charge in [0.05, 0.1) is 33.6 Å². The molecule has 0 aromatic heterocycles. The molecular weight excluding hydrogens is 681 g/mol. The summed E-state index contributed by atoms with van der Waals surface area (Å²) in [4.78, 5) is 0. The molecule has 0 atom stereocenters. The van der Waals surface area contributed by atoms with E-state index in [0.29, 0.717) is 0 Å². The van der Waals surface area contributed by atoms with Gasteiger partial charge in [-0.25, -0.2) is 0 Å². The molecule has 7 rings (SSSR count). The summed E-state index contributed by atoms with van der Waals surface area (Å²) >= 11 is 0. The van der Waals surface area contributed by atoms with Crippen LogP contribution in [0.1, 0.15) is 105 Å². The predicted octanol–water partition coefficient (Wildman–Crippen LogP) is 7.55. The van der Waals surface area contributed by atoms with Crippen LogP contribution in [0.25, 0.3) is 0 Å². The summed E-state index contributed by atoms with van der Waals surface area (Å²) in [6.07, 6.45) is 2.35. The highest BCUT2D eigenvalue weighted by molar-refractivity contribution is 6.63. The van der Waals surface area contributed by atoms with E-state index in [2.05, 4.69) is 186 Å². The van der Waals surface area contributed by atoms with E-state index in [9.17, 15) is 0 Å². The minimum atomic E-state index is -0.440. The molecule has 0 spiro atoms. The molecule has 0 bridgehead atoms. The van der Waals surface area contributed by atoms with Crippen molar-refractivity contribution in [3.05, 3.63) is 125 Å². The normalized spacial score (nSPS) is 22.0. The van der Waals surface area contributed by atoms with Gasteiger partial charge in [0.15, 0.2) is 0 Å². The highest BCUT2D eigenvalue weighted by atomic mass is 16.7. The minimum absolute atomic E-state index is 0.348. The lowest BCUT2D eigenvalue weighted by molar-refractivity contribution is 0.00578. The highest BCUT2D eigenvalue weighted by Crippen LogP contribution is 2.41. The summed E-state index contributed by atoms with van der Waals surface area (Å²) in [6, 6.07) is 37.4. The standard InChI is InChI=1S/C46H59B3O6/c1-40(2)41(3,4)51-47(50-40)37-24-16-19-33(27-37)30-46(36-22-14-13-15-23-36,31-34-20-17-25-38(28-34)48-52-42(5,6)43(7,8)53-48)32-35-21-18-26-39(29-35)49-54-44(9,10)45(11,12)55-49/h13-29H,30-32H2,1-12H3. The fourth-order valence-electron chi connectivity index (χ4n) is 7.94. The molecule has 4 aromatic carbocycles. The molecule has 0 N–H and O–H groups in total. The fraction of sp³-hybridized carbons (Fsp3) is 0.478. The van der Waals surface area contributed by atoms with Crippen LogP contribution in [-0.2, 0) is 52.6 Å². The lowest BCUT2D eigenvalue weighted by atomic mass is 9.66. The Hall–Kier alpha value is -3.17. The van der Waals surface area contributed by atoms with Crippen molar-refractivity contribution in [3.63, 3.8) is 0 Å². The van der Waals surface area contributed by atoms with Crippen molar-refractivity contribution < 1.29 is 27.9 Å². The van der Waals surface area contributed by atoms with Crippen molar-refractivity contribution in [1.82, 2.24) is 0 Å². The van der Waals surface area contributed by atoms with E-state index in [0.717, 1.165) is 35.7 Å². The maximum absolute atomic E-state index is 6.52. The average molecular weight is 740 g/mol. The van der Waals surface area contributed by atoms with Gasteiger partial charge >= 0.3 is 21.4 Å². The molecule has 3 heterocycles. The first-order chi connectivity index (χ1) is 25.6. The van der Waals surface area contributed by atoms with Crippen LogP contribution in [0.4, 0.5) is 0 Å². The monoisotopic (exact) mass is 740 g/mol. The third-order valence-corrected chi connectivity index (χ3v) is 13.4. The maximum atomic E-state index is 6.52. The van der Waals surface area contributed by atoms with Gasteiger partial charge in [-0.3, -0.25) is 0 Å². The van der Waals surface area contributed by atoms with Gasteiger partial charge in [-0.05, 0) is 141 Å². The van der Waals surface area contributed by atoms with Crippen LogP contribution in [0, 0.1) is 0 Å². The van der Waals surface area contributed by atoms with Gasteiger partial charge < -0.3 is 27.9 Å². The topological polar surface area (TPSA) is 55.4 Å². The second-order valence-electron chi connectivity index (χ2n) is 19.2. The average Bonchev–Trinajstić information content (AvgIpc) is 3.58. The highest BCUT2D eigenvalue weighted by Gasteiger charge is 2.54. The summed E-state index contributed by atoms with van der Waals surface area (Å²) < 4.78 is 39.1. The molecule has 288 valence electrons. The summed E-state index contributed by atoms with van der Waals surface area (Å²) in [5.74, 6) is 0. The Bertz CT molecular complexity index is 1760. The molecule has 0 unspecified atom stereocenters. The summed E-state index contributed by atoms with van der Waals surface area (Å²) in [6.45, 7) is 25.2. The first kappa shape index (κ1) is 40.0. The number of hydrogen-bond donors (Lipinski definition) is 0. The third kappa shape index (κ3) is 7.78. The summed E-state index contributed by atoms with van der Waals surface area (Å²) in [7, 11) is -1.32. The molecule has 0 radical (unpaired) electrons. The second kappa shape index (κ2) is 14.0. The minimum Gasteiger partial charge on any atom is -0.399 e. The Morgan fingerprint density at radius 2 is 0.636 bits per heavy atom. The summed E-state index contributed by atoms with van der Waals surface area (Å²) in [5.41, 5.74) is 5.14. The Kier molecular flexibility index (Phi) is 10.2. The molecule has 3 aliphatic heterocycles. The maximum Gasteiger partial charge on any atom is 0.494 e. The van der Waals surface area contributed by atoms with Gasteiger partial charge in [-0.1, -0.05) is 103 Å². The molecule has 9 heteroatoms. The fourth-order valence-corrected chi connectivity index (χ4v) is 7.94.